The highest BCUT2D eigenvalue weighted by Crippen LogP contribution is 2.58. The number of carbonyl (C=O) groups excluding carboxylic acids is 1. The standard InChI is InChI=1S/C22H26F2N4O3S/c1-13(2)31-21(29)28-7-6-22(9-14(22)10-28)11-30-20-18(24)19(25-12-26-20)27-17-5-4-15(32-3)8-16(17)23/h4-5,8,12-14H,6-7,9-11H2,1-3H3,(H,25,26,27). The minimum Gasteiger partial charge on any atom is -0.475 e. The van der Waals surface area contributed by atoms with Gasteiger partial charge in [0.25, 0.3) is 5.88 Å². The molecule has 0 radical (unpaired) electrons. The van der Waals surface area contributed by atoms with Crippen LogP contribution >= 0.6 is 11.8 Å². The van der Waals surface area contributed by atoms with E-state index in [0.29, 0.717) is 25.6 Å². The highest BCUT2D eigenvalue weighted by molar-refractivity contribution is 7.98. The van der Waals surface area contributed by atoms with Crippen molar-refractivity contribution in [2.75, 3.05) is 31.3 Å². The van der Waals surface area contributed by atoms with Gasteiger partial charge in [0.2, 0.25) is 5.82 Å². The number of halogens is 2. The summed E-state index contributed by atoms with van der Waals surface area (Å²) in [5, 5.41) is 2.68. The van der Waals surface area contributed by atoms with Crippen LogP contribution in [-0.2, 0) is 4.74 Å². The summed E-state index contributed by atoms with van der Waals surface area (Å²) in [4.78, 5) is 22.4. The van der Waals surface area contributed by atoms with Gasteiger partial charge < -0.3 is 19.7 Å². The van der Waals surface area contributed by atoms with Crippen LogP contribution in [0.2, 0.25) is 0 Å². The Morgan fingerprint density at radius 2 is 2.19 bits per heavy atom. The average Bonchev–Trinajstić information content (AvgIpc) is 3.49. The topological polar surface area (TPSA) is 76.6 Å². The summed E-state index contributed by atoms with van der Waals surface area (Å²) in [5.74, 6) is -1.30. The summed E-state index contributed by atoms with van der Waals surface area (Å²) in [6.07, 6.45) is 4.25. The maximum atomic E-state index is 14.9. The van der Waals surface area contributed by atoms with Gasteiger partial charge in [0.1, 0.15) is 12.1 Å². The zero-order chi connectivity index (χ0) is 22.9. The molecule has 7 nitrogen and oxygen atoms in total. The Hall–Kier alpha value is -2.62. The first-order valence-corrected chi connectivity index (χ1v) is 11.7. The lowest BCUT2D eigenvalue weighted by molar-refractivity contribution is 0.0584. The number of nitrogens with zero attached hydrogens (tertiary/aromatic N) is 3. The van der Waals surface area contributed by atoms with Crippen molar-refractivity contribution in [1.82, 2.24) is 14.9 Å². The van der Waals surface area contributed by atoms with Crippen molar-refractivity contribution in [3.05, 3.63) is 36.2 Å². The molecule has 10 heteroatoms. The lowest BCUT2D eigenvalue weighted by Crippen LogP contribution is -2.41. The minimum absolute atomic E-state index is 0.0840. The van der Waals surface area contributed by atoms with E-state index in [1.807, 2.05) is 20.1 Å². The van der Waals surface area contributed by atoms with Crippen molar-refractivity contribution < 1.29 is 23.0 Å². The van der Waals surface area contributed by atoms with Gasteiger partial charge in [0.15, 0.2) is 5.82 Å². The largest absolute Gasteiger partial charge is 0.475 e. The molecule has 2 fully saturated rings. The molecule has 1 saturated heterocycles. The molecule has 2 atom stereocenters. The van der Waals surface area contributed by atoms with E-state index in [4.69, 9.17) is 9.47 Å². The third-order valence-electron chi connectivity index (χ3n) is 5.96. The van der Waals surface area contributed by atoms with Gasteiger partial charge in [-0.2, -0.15) is 9.37 Å². The second kappa shape index (κ2) is 9.09. The van der Waals surface area contributed by atoms with E-state index in [9.17, 15) is 13.6 Å². The Morgan fingerprint density at radius 1 is 1.38 bits per heavy atom. The molecule has 4 rings (SSSR count). The number of hydrogen-bond donors (Lipinski definition) is 1. The number of nitrogens with one attached hydrogen (secondary N) is 1. The number of aromatic nitrogens is 2. The van der Waals surface area contributed by atoms with Crippen LogP contribution < -0.4 is 10.1 Å². The van der Waals surface area contributed by atoms with Crippen molar-refractivity contribution >= 4 is 29.4 Å². The summed E-state index contributed by atoms with van der Waals surface area (Å²) >= 11 is 1.42. The van der Waals surface area contributed by atoms with Gasteiger partial charge >= 0.3 is 6.09 Å². The van der Waals surface area contributed by atoms with Crippen molar-refractivity contribution in [3.63, 3.8) is 0 Å². The van der Waals surface area contributed by atoms with Crippen LogP contribution in [0.1, 0.15) is 26.7 Å². The third-order valence-corrected chi connectivity index (χ3v) is 6.68. The molecule has 1 aromatic heterocycles. The fourth-order valence-electron chi connectivity index (χ4n) is 4.01. The van der Waals surface area contributed by atoms with Crippen LogP contribution in [0, 0.1) is 23.0 Å². The van der Waals surface area contributed by atoms with Crippen LogP contribution in [0.5, 0.6) is 5.88 Å². The second-order valence-corrected chi connectivity index (χ2v) is 9.37. The van der Waals surface area contributed by atoms with Gasteiger partial charge in [-0.05, 0) is 57.1 Å². The molecule has 32 heavy (non-hydrogen) atoms. The van der Waals surface area contributed by atoms with Crippen molar-refractivity contribution in [2.24, 2.45) is 11.3 Å². The van der Waals surface area contributed by atoms with E-state index in [1.54, 1.807) is 11.0 Å². The summed E-state index contributed by atoms with van der Waals surface area (Å²) in [6.45, 7) is 5.14. The number of thioether (sulfide) groups is 1. The zero-order valence-electron chi connectivity index (χ0n) is 18.2. The number of piperidine rings is 1. The van der Waals surface area contributed by atoms with Crippen molar-refractivity contribution in [1.29, 1.82) is 0 Å². The Bertz CT molecular complexity index is 1010. The number of fused-ring (bicyclic) bond motifs is 1. The molecule has 1 amide bonds. The summed E-state index contributed by atoms with van der Waals surface area (Å²) < 4.78 is 40.2. The number of hydrogen-bond acceptors (Lipinski definition) is 7. The predicted octanol–water partition coefficient (Wildman–Crippen LogP) is 4.86. The van der Waals surface area contributed by atoms with E-state index in [1.165, 1.54) is 30.2 Å². The zero-order valence-corrected chi connectivity index (χ0v) is 19.0. The fourth-order valence-corrected chi connectivity index (χ4v) is 4.43. The number of amides is 1. The van der Waals surface area contributed by atoms with Gasteiger partial charge in [-0.1, -0.05) is 0 Å². The molecular weight excluding hydrogens is 438 g/mol. The Kier molecular flexibility index (Phi) is 6.41. The van der Waals surface area contributed by atoms with Gasteiger partial charge in [0, 0.05) is 23.4 Å². The molecule has 2 unspecified atom stereocenters. The lowest BCUT2D eigenvalue weighted by atomic mass is 9.96. The van der Waals surface area contributed by atoms with Crippen molar-refractivity contribution in [3.8, 4) is 5.88 Å². The Balaban J connectivity index is 1.37. The number of carbonyl (C=O) groups is 1. The number of benzene rings is 1. The summed E-state index contributed by atoms with van der Waals surface area (Å²) in [7, 11) is 0. The molecule has 2 aromatic rings. The smallest absolute Gasteiger partial charge is 0.410 e. The van der Waals surface area contributed by atoms with Crippen LogP contribution in [0.15, 0.2) is 29.4 Å². The molecule has 1 aliphatic carbocycles. The number of rotatable bonds is 7. The first-order chi connectivity index (χ1) is 15.3. The van der Waals surface area contributed by atoms with Gasteiger partial charge in [-0.15, -0.1) is 11.8 Å². The number of anilines is 2. The van der Waals surface area contributed by atoms with E-state index in [-0.39, 0.29) is 35.0 Å². The molecule has 2 heterocycles. The van der Waals surface area contributed by atoms with Gasteiger partial charge in [0.05, 0.1) is 18.4 Å². The minimum atomic E-state index is -0.771. The van der Waals surface area contributed by atoms with E-state index < -0.39 is 11.6 Å². The Labute approximate surface area is 189 Å². The molecular formula is C22H26F2N4O3S. The molecule has 0 bridgehead atoms. The van der Waals surface area contributed by atoms with Crippen molar-refractivity contribution in [2.45, 2.75) is 37.7 Å². The highest BCUT2D eigenvalue weighted by atomic mass is 32.2. The summed E-state index contributed by atoms with van der Waals surface area (Å²) in [6, 6.07) is 4.65. The first kappa shape index (κ1) is 22.6. The molecule has 172 valence electrons. The first-order valence-electron chi connectivity index (χ1n) is 10.5. The lowest BCUT2D eigenvalue weighted by Gasteiger charge is -2.31. The molecule has 1 aromatic carbocycles. The molecule has 2 aliphatic rings. The van der Waals surface area contributed by atoms with Crippen LogP contribution in [0.3, 0.4) is 0 Å². The van der Waals surface area contributed by atoms with Crippen LogP contribution in [-0.4, -0.2) is 53.0 Å². The van der Waals surface area contributed by atoms with E-state index in [0.717, 1.165) is 17.7 Å². The predicted molar refractivity (Wildman–Crippen MR) is 117 cm³/mol. The Morgan fingerprint density at radius 3 is 2.88 bits per heavy atom. The summed E-state index contributed by atoms with van der Waals surface area (Å²) in [5.41, 5.74) is 0.0344. The van der Waals surface area contributed by atoms with Gasteiger partial charge in [-0.3, -0.25) is 0 Å². The number of ether oxygens (including phenoxy) is 2. The van der Waals surface area contributed by atoms with E-state index in [2.05, 4.69) is 15.3 Å². The fraction of sp³-hybridized carbons (Fsp3) is 0.500. The molecule has 1 N–H and O–H groups in total. The van der Waals surface area contributed by atoms with Crippen LogP contribution in [0.4, 0.5) is 25.1 Å². The molecule has 1 aliphatic heterocycles. The average molecular weight is 465 g/mol. The normalized spacial score (nSPS) is 21.8. The third kappa shape index (κ3) is 4.74. The maximum Gasteiger partial charge on any atom is 0.410 e. The highest BCUT2D eigenvalue weighted by Gasteiger charge is 2.58. The quantitative estimate of drug-likeness (QED) is 0.587. The number of likely N-dealkylation sites (tertiary alicyclic amines) is 1. The van der Waals surface area contributed by atoms with Crippen LogP contribution in [0.25, 0.3) is 0 Å². The maximum absolute atomic E-state index is 14.9. The SMILES string of the molecule is CSc1ccc(Nc2ncnc(OCC34CCN(C(=O)OC(C)C)CC3C4)c2F)c(F)c1. The molecule has 0 spiro atoms. The van der Waals surface area contributed by atoms with E-state index >= 15 is 0 Å². The monoisotopic (exact) mass is 464 g/mol. The van der Waals surface area contributed by atoms with Gasteiger partial charge in [-0.25, -0.2) is 14.2 Å². The molecule has 1 saturated carbocycles. The second-order valence-electron chi connectivity index (χ2n) is 8.49.